The van der Waals surface area contributed by atoms with E-state index in [1.54, 1.807) is 18.2 Å². The zero-order valence-electron chi connectivity index (χ0n) is 13.2. The molecule has 8 nitrogen and oxygen atoms in total. The molecule has 1 aromatic carbocycles. The van der Waals surface area contributed by atoms with Gasteiger partial charge in [0, 0.05) is 5.56 Å². The Labute approximate surface area is 140 Å². The predicted octanol–water partition coefficient (Wildman–Crippen LogP) is 0.485. The van der Waals surface area contributed by atoms with Crippen molar-refractivity contribution in [1.29, 1.82) is 0 Å². The predicted molar refractivity (Wildman–Crippen MR) is 87.3 cm³/mol. The van der Waals surface area contributed by atoms with Gasteiger partial charge in [-0.25, -0.2) is 8.42 Å². The summed E-state index contributed by atoms with van der Waals surface area (Å²) in [4.78, 5) is 27.1. The number of carbonyl (C=O) groups excluding carboxylic acids is 1. The molecular formula is C15H19N3O5S. The lowest BCUT2D eigenvalue weighted by molar-refractivity contribution is -0.138. The third kappa shape index (κ3) is 4.10. The summed E-state index contributed by atoms with van der Waals surface area (Å²) in [5, 5.41) is 10.9. The topological polar surface area (TPSA) is 125 Å². The number of nitrogens with zero attached hydrogens (tertiary/aromatic N) is 1. The molecule has 0 saturated carbocycles. The number of amidine groups is 1. The van der Waals surface area contributed by atoms with Crippen LogP contribution in [0.3, 0.4) is 0 Å². The number of hydrogen-bond acceptors (Lipinski definition) is 5. The Hall–Kier alpha value is -2.42. The average molecular weight is 353 g/mol. The van der Waals surface area contributed by atoms with Crippen molar-refractivity contribution in [2.24, 2.45) is 4.99 Å². The van der Waals surface area contributed by atoms with E-state index in [1.807, 2.05) is 6.92 Å². The van der Waals surface area contributed by atoms with Crippen molar-refractivity contribution in [1.82, 2.24) is 10.0 Å². The number of rotatable bonds is 7. The molecule has 3 N–H and O–H groups in total. The second-order valence-electron chi connectivity index (χ2n) is 5.35. The number of carbonyl (C=O) groups is 2. The molecule has 130 valence electrons. The molecule has 1 aliphatic rings. The summed E-state index contributed by atoms with van der Waals surface area (Å²) in [5.74, 6) is -1.59. The summed E-state index contributed by atoms with van der Waals surface area (Å²) >= 11 is 0. The maximum atomic E-state index is 12.2. The number of nitrogens with one attached hydrogen (secondary N) is 2. The number of aliphatic imine (C=N–C) groups is 1. The van der Waals surface area contributed by atoms with E-state index in [1.165, 1.54) is 6.07 Å². The molecule has 0 bridgehead atoms. The van der Waals surface area contributed by atoms with E-state index in [0.717, 1.165) is 6.42 Å². The molecule has 2 rings (SSSR count). The molecule has 9 heteroatoms. The van der Waals surface area contributed by atoms with E-state index in [-0.39, 0.29) is 10.7 Å². The van der Waals surface area contributed by atoms with Gasteiger partial charge in [0.1, 0.15) is 18.4 Å². The Balaban J connectivity index is 2.30. The normalized spacial score (nSPS) is 17.8. The molecule has 0 spiro atoms. The zero-order valence-corrected chi connectivity index (χ0v) is 14.0. The second kappa shape index (κ2) is 7.43. The van der Waals surface area contributed by atoms with Crippen molar-refractivity contribution >= 4 is 27.7 Å². The Kier molecular flexibility index (Phi) is 5.55. The van der Waals surface area contributed by atoms with Crippen molar-refractivity contribution in [2.45, 2.75) is 37.1 Å². The van der Waals surface area contributed by atoms with Crippen LogP contribution in [0.1, 0.15) is 31.7 Å². The molecule has 1 aliphatic heterocycles. The fourth-order valence-electron chi connectivity index (χ4n) is 2.32. The number of unbranched alkanes of at least 4 members (excludes halogenated alkanes) is 1. The van der Waals surface area contributed by atoms with Crippen LogP contribution in [0.4, 0.5) is 0 Å². The quantitative estimate of drug-likeness (QED) is 0.658. The summed E-state index contributed by atoms with van der Waals surface area (Å²) in [7, 11) is -3.68. The zero-order chi connectivity index (χ0) is 17.7. The minimum absolute atomic E-state index is 0.108. The smallest absolute Gasteiger partial charge is 0.322 e. The number of benzene rings is 1. The monoisotopic (exact) mass is 353 g/mol. The van der Waals surface area contributed by atoms with Gasteiger partial charge in [0.25, 0.3) is 10.0 Å². The molecule has 1 aromatic rings. The van der Waals surface area contributed by atoms with E-state index < -0.39 is 34.5 Å². The Morgan fingerprint density at radius 1 is 1.33 bits per heavy atom. The maximum Gasteiger partial charge on any atom is 0.322 e. The van der Waals surface area contributed by atoms with Gasteiger partial charge >= 0.3 is 5.97 Å². The van der Waals surface area contributed by atoms with Crippen LogP contribution in [-0.4, -0.2) is 43.8 Å². The highest BCUT2D eigenvalue weighted by atomic mass is 32.2. The van der Waals surface area contributed by atoms with Gasteiger partial charge in [-0.1, -0.05) is 31.9 Å². The number of sulfonamides is 1. The van der Waals surface area contributed by atoms with Crippen LogP contribution in [0.25, 0.3) is 0 Å². The van der Waals surface area contributed by atoms with Crippen LogP contribution < -0.4 is 10.0 Å². The summed E-state index contributed by atoms with van der Waals surface area (Å²) < 4.78 is 26.5. The third-order valence-electron chi connectivity index (χ3n) is 3.50. The van der Waals surface area contributed by atoms with Gasteiger partial charge in [-0.05, 0) is 18.6 Å². The minimum Gasteiger partial charge on any atom is -0.480 e. The summed E-state index contributed by atoms with van der Waals surface area (Å²) in [6.45, 7) is 1.45. The van der Waals surface area contributed by atoms with E-state index in [4.69, 9.17) is 5.11 Å². The van der Waals surface area contributed by atoms with Crippen molar-refractivity contribution < 1.29 is 23.1 Å². The molecule has 1 unspecified atom stereocenters. The minimum atomic E-state index is -3.68. The van der Waals surface area contributed by atoms with Crippen LogP contribution in [0.15, 0.2) is 34.2 Å². The Morgan fingerprint density at radius 2 is 2.04 bits per heavy atom. The maximum absolute atomic E-state index is 12.2. The second-order valence-corrected chi connectivity index (χ2v) is 7.00. The van der Waals surface area contributed by atoms with E-state index in [2.05, 4.69) is 15.0 Å². The number of hydrogen-bond donors (Lipinski definition) is 3. The van der Waals surface area contributed by atoms with Gasteiger partial charge in [-0.2, -0.15) is 0 Å². The van der Waals surface area contributed by atoms with Crippen LogP contribution in [0, 0.1) is 0 Å². The van der Waals surface area contributed by atoms with E-state index >= 15 is 0 Å². The highest BCUT2D eigenvalue weighted by Gasteiger charge is 2.31. The lowest BCUT2D eigenvalue weighted by Crippen LogP contribution is -2.38. The lowest BCUT2D eigenvalue weighted by atomic mass is 10.1. The molecule has 1 heterocycles. The first-order chi connectivity index (χ1) is 11.3. The molecule has 0 fully saturated rings. The molecule has 0 aliphatic carbocycles. The fraction of sp³-hybridized carbons (Fsp3) is 0.400. The average Bonchev–Trinajstić information content (AvgIpc) is 2.80. The Bertz CT molecular complexity index is 773. The number of amides is 1. The van der Waals surface area contributed by atoms with Gasteiger partial charge in [0.05, 0.1) is 4.90 Å². The number of fused-ring (bicyclic) bond motifs is 1. The molecule has 0 aromatic heterocycles. The van der Waals surface area contributed by atoms with Gasteiger partial charge in [-0.15, -0.1) is 0 Å². The van der Waals surface area contributed by atoms with Crippen LogP contribution >= 0.6 is 0 Å². The van der Waals surface area contributed by atoms with E-state index in [0.29, 0.717) is 18.4 Å². The first-order valence-corrected chi connectivity index (χ1v) is 9.03. The highest BCUT2D eigenvalue weighted by Crippen LogP contribution is 2.23. The number of carboxylic acid groups (broad SMARTS) is 1. The van der Waals surface area contributed by atoms with Crippen molar-refractivity contribution in [2.75, 3.05) is 6.54 Å². The molecular weight excluding hydrogens is 334 g/mol. The van der Waals surface area contributed by atoms with Gasteiger partial charge < -0.3 is 10.4 Å². The van der Waals surface area contributed by atoms with Crippen LogP contribution in [-0.2, 0) is 19.6 Å². The van der Waals surface area contributed by atoms with Gasteiger partial charge in [-0.3, -0.25) is 19.3 Å². The molecule has 24 heavy (non-hydrogen) atoms. The van der Waals surface area contributed by atoms with Gasteiger partial charge in [0.2, 0.25) is 5.91 Å². The highest BCUT2D eigenvalue weighted by molar-refractivity contribution is 7.90. The molecule has 1 amide bonds. The SMILES string of the molecule is CCCCC(N=C1NS(=O)(=O)c2ccccc21)C(=O)NCC(=O)O. The summed E-state index contributed by atoms with van der Waals surface area (Å²) in [6.07, 6.45) is 1.93. The lowest BCUT2D eigenvalue weighted by Gasteiger charge is -2.13. The van der Waals surface area contributed by atoms with Crippen LogP contribution in [0.2, 0.25) is 0 Å². The number of aliphatic carboxylic acids is 1. The summed E-state index contributed by atoms with van der Waals surface area (Å²) in [5.41, 5.74) is 0.407. The first-order valence-electron chi connectivity index (χ1n) is 7.54. The largest absolute Gasteiger partial charge is 0.480 e. The van der Waals surface area contributed by atoms with E-state index in [9.17, 15) is 18.0 Å². The van der Waals surface area contributed by atoms with Gasteiger partial charge in [0.15, 0.2) is 0 Å². The molecule has 1 atom stereocenters. The standard InChI is InChI=1S/C15H19N3O5S/c1-2-3-7-11(15(21)16-9-13(19)20)17-14-10-6-4-5-8-12(10)24(22,23)18-14/h4-6,8,11H,2-3,7,9H2,1H3,(H,16,21)(H,17,18)(H,19,20). The third-order valence-corrected chi connectivity index (χ3v) is 4.89. The molecule has 0 saturated heterocycles. The fourth-order valence-corrected chi connectivity index (χ4v) is 3.56. The first kappa shape index (κ1) is 17.9. The summed E-state index contributed by atoms with van der Waals surface area (Å²) in [6, 6.07) is 5.51. The van der Waals surface area contributed by atoms with Crippen molar-refractivity contribution in [3.8, 4) is 0 Å². The van der Waals surface area contributed by atoms with Crippen LogP contribution in [0.5, 0.6) is 0 Å². The number of carboxylic acids is 1. The van der Waals surface area contributed by atoms with Crippen molar-refractivity contribution in [3.05, 3.63) is 29.8 Å². The van der Waals surface area contributed by atoms with Crippen molar-refractivity contribution in [3.63, 3.8) is 0 Å². The Morgan fingerprint density at radius 3 is 2.71 bits per heavy atom. The molecule has 0 radical (unpaired) electrons.